The minimum atomic E-state index is -2.16. The molecule has 0 radical (unpaired) electrons. The molecule has 0 bridgehead atoms. The van der Waals surface area contributed by atoms with E-state index < -0.39 is 45.8 Å². The van der Waals surface area contributed by atoms with Gasteiger partial charge in [-0.05, 0) is 33.6 Å². The lowest BCUT2D eigenvalue weighted by Crippen LogP contribution is -2.62. The summed E-state index contributed by atoms with van der Waals surface area (Å²) in [6, 6.07) is 2.16. The zero-order valence-electron chi connectivity index (χ0n) is 19.2. The van der Waals surface area contributed by atoms with Gasteiger partial charge in [0, 0.05) is 12.7 Å². The van der Waals surface area contributed by atoms with Crippen LogP contribution >= 0.6 is 0 Å². The molecule has 1 fully saturated rings. The lowest BCUT2D eigenvalue weighted by Gasteiger charge is -2.36. The van der Waals surface area contributed by atoms with Crippen LogP contribution in [0.15, 0.2) is 12.1 Å². The number of esters is 2. The number of rotatable bonds is 10. The van der Waals surface area contributed by atoms with E-state index in [1.54, 1.807) is 20.8 Å². The number of ether oxygens (including phenoxy) is 5. The molecule has 1 amide bonds. The second kappa shape index (κ2) is 10.9. The van der Waals surface area contributed by atoms with E-state index in [9.17, 15) is 24.5 Å². The monoisotopic (exact) mass is 468 g/mol. The number of carbonyl (C=O) groups excluding carboxylic acids is 3. The highest BCUT2D eigenvalue weighted by Crippen LogP contribution is 2.41. The lowest BCUT2D eigenvalue weighted by molar-refractivity contribution is -0.385. The SMILES string of the molecule is CCOC(=O)C1(C(=O)OCC)CCC(OCC)N1C(=O)c1cc(OC)c(OC)cc1[N+](=O)[O-]. The van der Waals surface area contributed by atoms with Gasteiger partial charge in [0.15, 0.2) is 11.5 Å². The molecule has 182 valence electrons. The molecule has 0 aromatic heterocycles. The van der Waals surface area contributed by atoms with Crippen LogP contribution in [0.25, 0.3) is 0 Å². The zero-order valence-corrected chi connectivity index (χ0v) is 19.2. The first-order valence-corrected chi connectivity index (χ1v) is 10.4. The van der Waals surface area contributed by atoms with Gasteiger partial charge >= 0.3 is 11.9 Å². The molecular weight excluding hydrogens is 440 g/mol. The van der Waals surface area contributed by atoms with Gasteiger partial charge < -0.3 is 23.7 Å². The van der Waals surface area contributed by atoms with Crippen LogP contribution in [-0.4, -0.2) is 73.5 Å². The van der Waals surface area contributed by atoms with Crippen LogP contribution in [0.3, 0.4) is 0 Å². The topological polar surface area (TPSA) is 144 Å². The van der Waals surface area contributed by atoms with Gasteiger partial charge in [0.25, 0.3) is 11.6 Å². The van der Waals surface area contributed by atoms with Gasteiger partial charge in [-0.2, -0.15) is 0 Å². The third-order valence-corrected chi connectivity index (χ3v) is 5.19. The van der Waals surface area contributed by atoms with E-state index in [0.29, 0.717) is 0 Å². The van der Waals surface area contributed by atoms with Gasteiger partial charge in [-0.15, -0.1) is 0 Å². The fourth-order valence-electron chi connectivity index (χ4n) is 3.79. The minimum absolute atomic E-state index is 0.0329. The van der Waals surface area contributed by atoms with Crippen LogP contribution in [-0.2, 0) is 23.8 Å². The Morgan fingerprint density at radius 3 is 2.03 bits per heavy atom. The molecular formula is C21H28N2O10. The Kier molecular flexibility index (Phi) is 8.57. The molecule has 12 nitrogen and oxygen atoms in total. The molecule has 0 spiro atoms. The van der Waals surface area contributed by atoms with Crippen LogP contribution in [0, 0.1) is 10.1 Å². The van der Waals surface area contributed by atoms with Crippen molar-refractivity contribution in [1.82, 2.24) is 4.90 Å². The molecule has 1 aromatic carbocycles. The molecule has 1 aliphatic heterocycles. The molecule has 0 N–H and O–H groups in total. The summed E-state index contributed by atoms with van der Waals surface area (Å²) in [5.41, 5.74) is -3.17. The third-order valence-electron chi connectivity index (χ3n) is 5.19. The summed E-state index contributed by atoms with van der Waals surface area (Å²) in [5.74, 6) is -2.90. The molecule has 1 unspecified atom stereocenters. The smallest absolute Gasteiger partial charge is 0.344 e. The summed E-state index contributed by atoms with van der Waals surface area (Å²) < 4.78 is 26.2. The molecule has 33 heavy (non-hydrogen) atoms. The highest BCUT2D eigenvalue weighted by atomic mass is 16.6. The van der Waals surface area contributed by atoms with Crippen LogP contribution in [0.4, 0.5) is 5.69 Å². The van der Waals surface area contributed by atoms with Gasteiger partial charge in [0.2, 0.25) is 5.54 Å². The van der Waals surface area contributed by atoms with Crippen LogP contribution in [0.2, 0.25) is 0 Å². The Hall–Kier alpha value is -3.41. The van der Waals surface area contributed by atoms with Crippen molar-refractivity contribution in [3.05, 3.63) is 27.8 Å². The number of hydrogen-bond acceptors (Lipinski definition) is 10. The fraction of sp³-hybridized carbons (Fsp3) is 0.571. The summed E-state index contributed by atoms with van der Waals surface area (Å²) >= 11 is 0. The Labute approximate surface area is 190 Å². The van der Waals surface area contributed by atoms with Crippen LogP contribution in [0.1, 0.15) is 44.0 Å². The number of hydrogen-bond donors (Lipinski definition) is 0. The van der Waals surface area contributed by atoms with E-state index in [1.165, 1.54) is 14.2 Å². The molecule has 1 aromatic rings. The van der Waals surface area contributed by atoms with Gasteiger partial charge in [-0.25, -0.2) is 9.59 Å². The number of carbonyl (C=O) groups is 3. The quantitative estimate of drug-likeness (QED) is 0.217. The predicted octanol–water partition coefficient (Wildman–Crippen LogP) is 2.08. The summed E-state index contributed by atoms with van der Waals surface area (Å²) in [7, 11) is 2.60. The first-order chi connectivity index (χ1) is 15.7. The van der Waals surface area contributed by atoms with Crippen molar-refractivity contribution in [3.63, 3.8) is 0 Å². The highest BCUT2D eigenvalue weighted by Gasteiger charge is 2.62. The molecule has 2 rings (SSSR count). The van der Waals surface area contributed by atoms with E-state index in [0.717, 1.165) is 17.0 Å². The van der Waals surface area contributed by atoms with Crippen molar-refractivity contribution in [2.45, 2.75) is 45.4 Å². The van der Waals surface area contributed by atoms with E-state index in [2.05, 4.69) is 0 Å². The average molecular weight is 468 g/mol. The maximum atomic E-state index is 13.8. The Bertz CT molecular complexity index is 899. The number of nitro groups is 1. The second-order valence-electron chi connectivity index (χ2n) is 6.91. The fourth-order valence-corrected chi connectivity index (χ4v) is 3.79. The Morgan fingerprint density at radius 2 is 1.58 bits per heavy atom. The maximum absolute atomic E-state index is 13.8. The van der Waals surface area contributed by atoms with Gasteiger partial charge in [-0.3, -0.25) is 19.8 Å². The van der Waals surface area contributed by atoms with Crippen molar-refractivity contribution in [3.8, 4) is 11.5 Å². The van der Waals surface area contributed by atoms with Crippen molar-refractivity contribution >= 4 is 23.5 Å². The number of likely N-dealkylation sites (tertiary alicyclic amines) is 1. The van der Waals surface area contributed by atoms with Crippen LogP contribution in [0.5, 0.6) is 11.5 Å². The third kappa shape index (κ3) is 4.70. The van der Waals surface area contributed by atoms with Crippen molar-refractivity contribution in [2.75, 3.05) is 34.0 Å². The number of benzene rings is 1. The molecule has 12 heteroatoms. The predicted molar refractivity (Wildman–Crippen MR) is 113 cm³/mol. The summed E-state index contributed by atoms with van der Waals surface area (Å²) in [5, 5.41) is 11.8. The summed E-state index contributed by atoms with van der Waals surface area (Å²) in [6.07, 6.45) is -1.05. The lowest BCUT2D eigenvalue weighted by atomic mass is 9.95. The first-order valence-electron chi connectivity index (χ1n) is 10.4. The normalized spacial score (nSPS) is 16.8. The first kappa shape index (κ1) is 25.8. The highest BCUT2D eigenvalue weighted by molar-refractivity contribution is 6.11. The van der Waals surface area contributed by atoms with Crippen LogP contribution < -0.4 is 9.47 Å². The number of amides is 1. The second-order valence-corrected chi connectivity index (χ2v) is 6.91. The number of nitrogens with zero attached hydrogens (tertiary/aromatic N) is 2. The van der Waals surface area contributed by atoms with Crippen molar-refractivity contribution < 1.29 is 43.0 Å². The van der Waals surface area contributed by atoms with E-state index in [4.69, 9.17) is 23.7 Å². The van der Waals surface area contributed by atoms with Crippen molar-refractivity contribution in [2.24, 2.45) is 0 Å². The van der Waals surface area contributed by atoms with Gasteiger partial charge in [0.1, 0.15) is 11.8 Å². The Balaban J connectivity index is 2.76. The number of nitro benzene ring substituents is 1. The Morgan fingerprint density at radius 1 is 1.03 bits per heavy atom. The summed E-state index contributed by atoms with van der Waals surface area (Å²) in [6.45, 7) is 4.82. The van der Waals surface area contributed by atoms with Gasteiger partial charge in [-0.1, -0.05) is 0 Å². The molecule has 1 atom stereocenters. The number of methoxy groups -OCH3 is 2. The largest absolute Gasteiger partial charge is 0.493 e. The zero-order chi connectivity index (χ0) is 24.8. The average Bonchev–Trinajstić information content (AvgIpc) is 3.18. The molecule has 1 heterocycles. The molecule has 1 aliphatic rings. The maximum Gasteiger partial charge on any atom is 0.344 e. The van der Waals surface area contributed by atoms with E-state index in [1.807, 2.05) is 0 Å². The molecule has 0 aliphatic carbocycles. The molecule has 1 saturated heterocycles. The van der Waals surface area contributed by atoms with E-state index >= 15 is 0 Å². The molecule has 0 saturated carbocycles. The van der Waals surface area contributed by atoms with Crippen molar-refractivity contribution in [1.29, 1.82) is 0 Å². The summed E-state index contributed by atoms with van der Waals surface area (Å²) in [4.78, 5) is 51.8. The van der Waals surface area contributed by atoms with Gasteiger partial charge in [0.05, 0.1) is 38.4 Å². The minimum Gasteiger partial charge on any atom is -0.493 e. The van der Waals surface area contributed by atoms with E-state index in [-0.39, 0.29) is 44.2 Å². The standard InChI is InChI=1S/C21H28N2O10/c1-6-31-17-9-10-21(19(25)32-7-2,20(26)33-8-3)22(17)18(24)13-11-15(29-4)16(30-5)12-14(13)23(27)28/h11-12,17H,6-10H2,1-5H3.